The number of anilines is 1. The number of fused-ring (bicyclic) bond motifs is 1. The third-order valence-corrected chi connectivity index (χ3v) is 2.16. The summed E-state index contributed by atoms with van der Waals surface area (Å²) in [6.07, 6.45) is 0.793. The molecule has 3 heteroatoms. The Bertz CT molecular complexity index is 358. The van der Waals surface area contributed by atoms with Gasteiger partial charge in [-0.1, -0.05) is 0 Å². The Balaban J connectivity index is 2.52. The molecule has 3 nitrogen and oxygen atoms in total. The quantitative estimate of drug-likeness (QED) is 0.596. The van der Waals surface area contributed by atoms with Crippen LogP contribution in [0.1, 0.15) is 19.4 Å². The van der Waals surface area contributed by atoms with Crippen LogP contribution in [-0.4, -0.2) is 10.7 Å². The molecule has 0 saturated carbocycles. The molecule has 0 amide bonds. The van der Waals surface area contributed by atoms with Crippen LogP contribution in [0.2, 0.25) is 0 Å². The molecule has 0 saturated heterocycles. The van der Waals surface area contributed by atoms with Crippen molar-refractivity contribution in [1.29, 1.82) is 0 Å². The van der Waals surface area contributed by atoms with Gasteiger partial charge < -0.3 is 15.6 Å². The lowest BCUT2D eigenvalue weighted by Crippen LogP contribution is -2.24. The van der Waals surface area contributed by atoms with Crippen molar-refractivity contribution in [2.45, 2.75) is 25.9 Å². The molecule has 0 unspecified atom stereocenters. The SMILES string of the molecule is CC1(C)Cc2cc(N)cc(O)c2O1. The molecule has 13 heavy (non-hydrogen) atoms. The van der Waals surface area contributed by atoms with Gasteiger partial charge >= 0.3 is 0 Å². The van der Waals surface area contributed by atoms with Crippen LogP contribution in [0.3, 0.4) is 0 Å². The number of phenols is 1. The van der Waals surface area contributed by atoms with E-state index in [9.17, 15) is 5.11 Å². The fourth-order valence-electron chi connectivity index (χ4n) is 1.72. The summed E-state index contributed by atoms with van der Waals surface area (Å²) >= 11 is 0. The Morgan fingerprint density at radius 1 is 1.46 bits per heavy atom. The van der Waals surface area contributed by atoms with Gasteiger partial charge in [0.1, 0.15) is 5.60 Å². The van der Waals surface area contributed by atoms with Crippen molar-refractivity contribution >= 4 is 5.69 Å². The normalized spacial score (nSPS) is 18.0. The van der Waals surface area contributed by atoms with Gasteiger partial charge in [-0.05, 0) is 19.9 Å². The van der Waals surface area contributed by atoms with Crippen molar-refractivity contribution in [3.63, 3.8) is 0 Å². The van der Waals surface area contributed by atoms with Gasteiger partial charge in [0.05, 0.1) is 0 Å². The number of benzene rings is 1. The van der Waals surface area contributed by atoms with E-state index < -0.39 is 0 Å². The first-order chi connectivity index (χ1) is 5.98. The standard InChI is InChI=1S/C10H13NO2/c1-10(2)5-6-3-7(11)4-8(12)9(6)13-10/h3-4,12H,5,11H2,1-2H3. The maximum Gasteiger partial charge on any atom is 0.165 e. The van der Waals surface area contributed by atoms with E-state index in [0.29, 0.717) is 11.4 Å². The van der Waals surface area contributed by atoms with E-state index in [2.05, 4.69) is 0 Å². The van der Waals surface area contributed by atoms with Gasteiger partial charge in [-0.25, -0.2) is 0 Å². The minimum absolute atomic E-state index is 0.139. The van der Waals surface area contributed by atoms with Crippen LogP contribution in [0.25, 0.3) is 0 Å². The van der Waals surface area contributed by atoms with Crippen LogP contribution in [0.4, 0.5) is 5.69 Å². The highest BCUT2D eigenvalue weighted by molar-refractivity contribution is 5.58. The van der Waals surface area contributed by atoms with Gasteiger partial charge in [0.2, 0.25) is 0 Å². The molecule has 0 aliphatic carbocycles. The first kappa shape index (κ1) is 8.23. The molecule has 2 rings (SSSR count). The number of nitrogen functional groups attached to an aromatic ring is 1. The van der Waals surface area contributed by atoms with Gasteiger partial charge in [-0.3, -0.25) is 0 Å². The highest BCUT2D eigenvalue weighted by atomic mass is 16.5. The molecule has 0 radical (unpaired) electrons. The van der Waals surface area contributed by atoms with E-state index in [-0.39, 0.29) is 11.4 Å². The van der Waals surface area contributed by atoms with Gasteiger partial charge in [-0.15, -0.1) is 0 Å². The number of hydrogen-bond donors (Lipinski definition) is 2. The molecule has 1 aliphatic heterocycles. The number of ether oxygens (including phenoxy) is 1. The van der Waals surface area contributed by atoms with E-state index in [1.807, 2.05) is 19.9 Å². The number of aromatic hydroxyl groups is 1. The average Bonchev–Trinajstić information content (AvgIpc) is 2.23. The molecule has 0 atom stereocenters. The molecule has 1 heterocycles. The van der Waals surface area contributed by atoms with Crippen molar-refractivity contribution < 1.29 is 9.84 Å². The summed E-state index contributed by atoms with van der Waals surface area (Å²) in [5.41, 5.74) is 6.95. The Labute approximate surface area is 77.1 Å². The molecule has 0 bridgehead atoms. The minimum Gasteiger partial charge on any atom is -0.504 e. The highest BCUT2D eigenvalue weighted by Gasteiger charge is 2.32. The van der Waals surface area contributed by atoms with E-state index >= 15 is 0 Å². The lowest BCUT2D eigenvalue weighted by atomic mass is 10.0. The summed E-state index contributed by atoms with van der Waals surface area (Å²) in [5, 5.41) is 9.54. The van der Waals surface area contributed by atoms with Crippen molar-refractivity contribution in [2.75, 3.05) is 5.73 Å². The fraction of sp³-hybridized carbons (Fsp3) is 0.400. The van der Waals surface area contributed by atoms with E-state index in [1.165, 1.54) is 6.07 Å². The number of nitrogens with two attached hydrogens (primary N) is 1. The van der Waals surface area contributed by atoms with Crippen molar-refractivity contribution in [3.8, 4) is 11.5 Å². The topological polar surface area (TPSA) is 55.5 Å². The lowest BCUT2D eigenvalue weighted by molar-refractivity contribution is 0.134. The minimum atomic E-state index is -0.229. The van der Waals surface area contributed by atoms with Crippen molar-refractivity contribution in [2.24, 2.45) is 0 Å². The van der Waals surface area contributed by atoms with Gasteiger partial charge in [0.15, 0.2) is 11.5 Å². The van der Waals surface area contributed by atoms with Crippen LogP contribution >= 0.6 is 0 Å². The highest BCUT2D eigenvalue weighted by Crippen LogP contribution is 2.42. The van der Waals surface area contributed by atoms with Crippen LogP contribution in [0.15, 0.2) is 12.1 Å². The van der Waals surface area contributed by atoms with Gasteiger partial charge in [0.25, 0.3) is 0 Å². The number of hydrogen-bond acceptors (Lipinski definition) is 3. The summed E-state index contributed by atoms with van der Waals surface area (Å²) in [5.74, 6) is 0.722. The van der Waals surface area contributed by atoms with Crippen LogP contribution in [0.5, 0.6) is 11.5 Å². The predicted molar refractivity (Wildman–Crippen MR) is 50.9 cm³/mol. The fourth-order valence-corrected chi connectivity index (χ4v) is 1.72. The third kappa shape index (κ3) is 1.30. The Kier molecular flexibility index (Phi) is 1.46. The molecule has 70 valence electrons. The second-order valence-corrected chi connectivity index (χ2v) is 4.07. The first-order valence-corrected chi connectivity index (χ1v) is 4.28. The Morgan fingerprint density at radius 3 is 2.85 bits per heavy atom. The van der Waals surface area contributed by atoms with Gasteiger partial charge in [-0.2, -0.15) is 0 Å². The maximum absolute atomic E-state index is 9.54. The average molecular weight is 179 g/mol. The second-order valence-electron chi connectivity index (χ2n) is 4.07. The molecule has 1 aromatic rings. The molecule has 0 aromatic heterocycles. The third-order valence-electron chi connectivity index (χ3n) is 2.16. The maximum atomic E-state index is 9.54. The van der Waals surface area contributed by atoms with Crippen molar-refractivity contribution in [1.82, 2.24) is 0 Å². The largest absolute Gasteiger partial charge is 0.504 e. The lowest BCUT2D eigenvalue weighted by Gasteiger charge is -2.17. The molecule has 0 fully saturated rings. The van der Waals surface area contributed by atoms with Crippen LogP contribution in [-0.2, 0) is 6.42 Å². The Morgan fingerprint density at radius 2 is 2.15 bits per heavy atom. The van der Waals surface area contributed by atoms with E-state index in [4.69, 9.17) is 10.5 Å². The zero-order valence-corrected chi connectivity index (χ0v) is 7.79. The zero-order chi connectivity index (χ0) is 9.64. The predicted octanol–water partition coefficient (Wildman–Crippen LogP) is 1.69. The number of rotatable bonds is 0. The summed E-state index contributed by atoms with van der Waals surface area (Å²) < 4.78 is 5.57. The van der Waals surface area contributed by atoms with Crippen LogP contribution in [0, 0.1) is 0 Å². The molecule has 1 aliphatic rings. The molecule has 1 aromatic carbocycles. The molecular formula is C10H13NO2. The monoisotopic (exact) mass is 179 g/mol. The summed E-state index contributed by atoms with van der Waals surface area (Å²) in [7, 11) is 0. The molecule has 0 spiro atoms. The summed E-state index contributed by atoms with van der Waals surface area (Å²) in [6.45, 7) is 3.98. The zero-order valence-electron chi connectivity index (χ0n) is 7.79. The Hall–Kier alpha value is -1.38. The van der Waals surface area contributed by atoms with E-state index in [0.717, 1.165) is 12.0 Å². The van der Waals surface area contributed by atoms with E-state index in [1.54, 1.807) is 0 Å². The van der Waals surface area contributed by atoms with Crippen LogP contribution < -0.4 is 10.5 Å². The van der Waals surface area contributed by atoms with Gasteiger partial charge in [0, 0.05) is 23.7 Å². The summed E-state index contributed by atoms with van der Waals surface area (Å²) in [4.78, 5) is 0. The number of phenolic OH excluding ortho intramolecular Hbond substituents is 1. The smallest absolute Gasteiger partial charge is 0.165 e. The molecular weight excluding hydrogens is 166 g/mol. The molecule has 3 N–H and O–H groups in total. The summed E-state index contributed by atoms with van der Waals surface area (Å²) in [6, 6.07) is 3.37. The first-order valence-electron chi connectivity index (χ1n) is 4.28. The van der Waals surface area contributed by atoms with Crippen molar-refractivity contribution in [3.05, 3.63) is 17.7 Å². The second kappa shape index (κ2) is 2.31.